The number of hydrogen-bond donors (Lipinski definition) is 0. The van der Waals surface area contributed by atoms with E-state index in [1.165, 1.54) is 30.3 Å². The molecule has 0 saturated carbocycles. The largest absolute Gasteiger partial charge is 0.349 e. The second-order valence-corrected chi connectivity index (χ2v) is 6.37. The Morgan fingerprint density at radius 2 is 1.94 bits per heavy atom. The first-order valence-corrected chi connectivity index (χ1v) is 7.20. The van der Waals surface area contributed by atoms with Crippen molar-refractivity contribution in [3.63, 3.8) is 0 Å². The first-order valence-electron chi connectivity index (χ1n) is 6.29. The highest BCUT2D eigenvalue weighted by Gasteiger charge is 2.40. The first-order chi connectivity index (χ1) is 8.81. The van der Waals surface area contributed by atoms with Crippen molar-refractivity contribution in [1.82, 2.24) is 25.3 Å². The zero-order valence-electron chi connectivity index (χ0n) is 9.78. The van der Waals surface area contributed by atoms with Gasteiger partial charge in [0.25, 0.3) is 0 Å². The van der Waals surface area contributed by atoms with Crippen LogP contribution in [0.25, 0.3) is 5.65 Å². The molecule has 0 aliphatic carbocycles. The van der Waals surface area contributed by atoms with E-state index in [0.29, 0.717) is 22.6 Å². The monoisotopic (exact) mass is 308 g/mol. The van der Waals surface area contributed by atoms with Crippen molar-refractivity contribution < 1.29 is 0 Å². The average Bonchev–Trinajstić information content (AvgIpc) is 2.91. The highest BCUT2D eigenvalue weighted by molar-refractivity contribution is 9.09. The van der Waals surface area contributed by atoms with Gasteiger partial charge >= 0.3 is 0 Å². The lowest BCUT2D eigenvalue weighted by atomic mass is 10.0. The summed E-state index contributed by atoms with van der Waals surface area (Å²) >= 11 is 3.76. The van der Waals surface area contributed by atoms with Gasteiger partial charge in [0.1, 0.15) is 0 Å². The molecule has 0 radical (unpaired) electrons. The molecule has 0 aromatic carbocycles. The zero-order valence-corrected chi connectivity index (χ0v) is 11.4. The van der Waals surface area contributed by atoms with Crippen LogP contribution in [0, 0.1) is 0 Å². The number of tetrazole rings is 1. The minimum absolute atomic E-state index is 0.606. The van der Waals surface area contributed by atoms with E-state index in [-0.39, 0.29) is 0 Å². The molecule has 4 rings (SSSR count). The molecular formula is C11H13BrN6. The van der Waals surface area contributed by atoms with E-state index in [2.05, 4.69) is 41.5 Å². The molecule has 4 heterocycles. The van der Waals surface area contributed by atoms with Crippen LogP contribution in [0.1, 0.15) is 25.7 Å². The summed E-state index contributed by atoms with van der Waals surface area (Å²) in [6, 6.07) is 5.18. The van der Waals surface area contributed by atoms with Gasteiger partial charge in [-0.25, -0.2) is 0 Å². The van der Waals surface area contributed by atoms with Crippen molar-refractivity contribution in [2.45, 2.75) is 42.6 Å². The van der Waals surface area contributed by atoms with Gasteiger partial charge in [-0.3, -0.25) is 0 Å². The van der Waals surface area contributed by atoms with Crippen molar-refractivity contribution in [3.8, 4) is 0 Å². The van der Waals surface area contributed by atoms with Crippen LogP contribution in [0.2, 0.25) is 0 Å². The standard InChI is InChI=1S/C11H13BrN6/c12-7-5-8-1-2-9(6-7)17(8)11-4-3-10-13-15-16-18(10)14-11/h3-4,7-9H,1-2,5-6H2. The topological polar surface area (TPSA) is 59.2 Å². The van der Waals surface area contributed by atoms with Gasteiger partial charge in [0, 0.05) is 16.9 Å². The molecule has 94 valence electrons. The van der Waals surface area contributed by atoms with E-state index in [0.717, 1.165) is 5.82 Å². The fourth-order valence-electron chi connectivity index (χ4n) is 3.26. The zero-order chi connectivity index (χ0) is 12.1. The molecule has 0 N–H and O–H groups in total. The molecule has 2 unspecified atom stereocenters. The maximum absolute atomic E-state index is 4.52. The van der Waals surface area contributed by atoms with Crippen molar-refractivity contribution in [2.24, 2.45) is 0 Å². The Labute approximate surface area is 112 Å². The number of alkyl halides is 1. The number of rotatable bonds is 1. The summed E-state index contributed by atoms with van der Waals surface area (Å²) in [6.07, 6.45) is 4.93. The molecule has 6 nitrogen and oxygen atoms in total. The smallest absolute Gasteiger partial charge is 0.200 e. The van der Waals surface area contributed by atoms with E-state index in [1.807, 2.05) is 12.1 Å². The normalized spacial score (nSPS) is 31.2. The molecule has 2 aliphatic heterocycles. The van der Waals surface area contributed by atoms with Gasteiger partial charge in [-0.1, -0.05) is 15.9 Å². The fraction of sp³-hybridized carbons (Fsp3) is 0.636. The van der Waals surface area contributed by atoms with Crippen molar-refractivity contribution in [1.29, 1.82) is 0 Å². The Morgan fingerprint density at radius 3 is 2.72 bits per heavy atom. The molecule has 18 heavy (non-hydrogen) atoms. The maximum Gasteiger partial charge on any atom is 0.200 e. The SMILES string of the molecule is BrC1CC2CCC(C1)N2c1ccc2nnnn2n1. The predicted molar refractivity (Wildman–Crippen MR) is 69.8 cm³/mol. The van der Waals surface area contributed by atoms with Gasteiger partial charge in [-0.15, -0.1) is 14.8 Å². The lowest BCUT2D eigenvalue weighted by Gasteiger charge is -2.37. The van der Waals surface area contributed by atoms with Crippen molar-refractivity contribution in [3.05, 3.63) is 12.1 Å². The van der Waals surface area contributed by atoms with Gasteiger partial charge in [-0.2, -0.15) is 0 Å². The number of halogens is 1. The molecule has 2 bridgehead atoms. The van der Waals surface area contributed by atoms with Gasteiger partial charge in [-0.05, 0) is 48.2 Å². The molecule has 2 saturated heterocycles. The van der Waals surface area contributed by atoms with Crippen LogP contribution in [0.3, 0.4) is 0 Å². The van der Waals surface area contributed by atoms with Crippen molar-refractivity contribution >= 4 is 27.4 Å². The van der Waals surface area contributed by atoms with Crippen LogP contribution in [0.4, 0.5) is 5.82 Å². The average molecular weight is 309 g/mol. The summed E-state index contributed by atoms with van der Waals surface area (Å²) in [7, 11) is 0. The Kier molecular flexibility index (Phi) is 2.30. The lowest BCUT2D eigenvalue weighted by molar-refractivity contribution is 0.475. The van der Waals surface area contributed by atoms with E-state index >= 15 is 0 Å². The third kappa shape index (κ3) is 1.53. The van der Waals surface area contributed by atoms with Gasteiger partial charge in [0.05, 0.1) is 0 Å². The van der Waals surface area contributed by atoms with E-state index in [1.54, 1.807) is 0 Å². The minimum Gasteiger partial charge on any atom is -0.349 e. The number of fused-ring (bicyclic) bond motifs is 3. The Morgan fingerprint density at radius 1 is 1.17 bits per heavy atom. The van der Waals surface area contributed by atoms with Crippen LogP contribution >= 0.6 is 15.9 Å². The summed E-state index contributed by atoms with van der Waals surface area (Å²) in [5, 5.41) is 15.9. The maximum atomic E-state index is 4.52. The van der Waals surface area contributed by atoms with Crippen molar-refractivity contribution in [2.75, 3.05) is 4.90 Å². The van der Waals surface area contributed by atoms with E-state index < -0.39 is 0 Å². The number of piperidine rings is 1. The number of nitrogens with zero attached hydrogens (tertiary/aromatic N) is 6. The summed E-state index contributed by atoms with van der Waals surface area (Å²) in [4.78, 5) is 3.11. The fourth-order valence-corrected chi connectivity index (χ4v) is 4.13. The van der Waals surface area contributed by atoms with E-state index in [4.69, 9.17) is 0 Å². The highest BCUT2D eigenvalue weighted by Crippen LogP contribution is 2.40. The predicted octanol–water partition coefficient (Wildman–Crippen LogP) is 1.41. The summed E-state index contributed by atoms with van der Waals surface area (Å²) in [5.74, 6) is 1.00. The summed E-state index contributed by atoms with van der Waals surface area (Å²) in [6.45, 7) is 0. The molecule has 7 heteroatoms. The highest BCUT2D eigenvalue weighted by atomic mass is 79.9. The quantitative estimate of drug-likeness (QED) is 0.746. The van der Waals surface area contributed by atoms with Crippen LogP contribution in [0.15, 0.2) is 12.1 Å². The van der Waals surface area contributed by atoms with Gasteiger partial charge in [0.15, 0.2) is 11.5 Å². The molecule has 2 atom stereocenters. The Hall–Kier alpha value is -1.24. The second kappa shape index (κ2) is 3.88. The molecule has 2 aromatic rings. The number of anilines is 1. The van der Waals surface area contributed by atoms with Crippen LogP contribution < -0.4 is 4.90 Å². The molecule has 2 aromatic heterocycles. The summed E-state index contributed by atoms with van der Waals surface area (Å²) in [5.41, 5.74) is 0.696. The molecule has 2 aliphatic rings. The Balaban J connectivity index is 1.74. The third-order valence-corrected chi connectivity index (χ3v) is 4.74. The lowest BCUT2D eigenvalue weighted by Crippen LogP contribution is -2.44. The van der Waals surface area contributed by atoms with Gasteiger partial charge < -0.3 is 4.90 Å². The molecule has 0 amide bonds. The minimum atomic E-state index is 0.606. The number of aromatic nitrogens is 5. The molecular weight excluding hydrogens is 296 g/mol. The second-order valence-electron chi connectivity index (χ2n) is 5.08. The van der Waals surface area contributed by atoms with Crippen LogP contribution in [-0.2, 0) is 0 Å². The molecule has 0 spiro atoms. The van der Waals surface area contributed by atoms with E-state index in [9.17, 15) is 0 Å². The van der Waals surface area contributed by atoms with Crippen LogP contribution in [0.5, 0.6) is 0 Å². The third-order valence-electron chi connectivity index (χ3n) is 4.00. The van der Waals surface area contributed by atoms with Crippen LogP contribution in [-0.4, -0.2) is 42.2 Å². The summed E-state index contributed by atoms with van der Waals surface area (Å²) < 4.78 is 1.51. The molecule has 2 fully saturated rings. The first kappa shape index (κ1) is 10.7. The van der Waals surface area contributed by atoms with Gasteiger partial charge in [0.2, 0.25) is 0 Å². The number of hydrogen-bond acceptors (Lipinski definition) is 5. The Bertz CT molecular complexity index is 570.